The third-order valence-electron chi connectivity index (χ3n) is 5.63. The molecule has 2 aliphatic rings. The summed E-state index contributed by atoms with van der Waals surface area (Å²) in [6.45, 7) is 1.92. The molecule has 1 aromatic heterocycles. The minimum absolute atomic E-state index is 0.212. The topological polar surface area (TPSA) is 71.8 Å². The highest BCUT2D eigenvalue weighted by molar-refractivity contribution is 5.92. The molecule has 6 nitrogen and oxygen atoms in total. The van der Waals surface area contributed by atoms with Gasteiger partial charge in [-0.05, 0) is 56.5 Å². The van der Waals surface area contributed by atoms with Gasteiger partial charge in [-0.2, -0.15) is 0 Å². The van der Waals surface area contributed by atoms with Crippen LogP contribution in [0, 0.1) is 5.82 Å². The molecule has 7 heteroatoms. The third kappa shape index (κ3) is 3.35. The summed E-state index contributed by atoms with van der Waals surface area (Å²) in [7, 11) is 0. The van der Waals surface area contributed by atoms with Gasteiger partial charge >= 0.3 is 0 Å². The highest BCUT2D eigenvalue weighted by Gasteiger charge is 2.37. The number of amides is 1. The molecule has 1 aliphatic heterocycles. The Morgan fingerprint density at radius 1 is 1.19 bits per heavy atom. The number of nitrogens with one attached hydrogen (secondary N) is 2. The van der Waals surface area contributed by atoms with Crippen LogP contribution in [0.1, 0.15) is 60.6 Å². The van der Waals surface area contributed by atoms with E-state index in [9.17, 15) is 9.18 Å². The van der Waals surface area contributed by atoms with E-state index in [-0.39, 0.29) is 11.7 Å². The van der Waals surface area contributed by atoms with Crippen LogP contribution in [0.25, 0.3) is 0 Å². The molecule has 1 saturated carbocycles. The zero-order valence-corrected chi connectivity index (χ0v) is 14.7. The molecular formula is C19H24FN5O. The Balaban J connectivity index is 1.52. The molecule has 2 aromatic rings. The van der Waals surface area contributed by atoms with Crippen LogP contribution in [-0.4, -0.2) is 34.0 Å². The fraction of sp³-hybridized carbons (Fsp3) is 0.526. The van der Waals surface area contributed by atoms with E-state index < -0.39 is 5.54 Å². The summed E-state index contributed by atoms with van der Waals surface area (Å²) in [5.74, 6) is -0.477. The first-order chi connectivity index (χ1) is 12.7. The monoisotopic (exact) mass is 357 g/mol. The number of hydrogen-bond donors (Lipinski definition) is 2. The minimum Gasteiger partial charge on any atom is -0.341 e. The van der Waals surface area contributed by atoms with Gasteiger partial charge in [0.2, 0.25) is 0 Å². The molecule has 0 spiro atoms. The van der Waals surface area contributed by atoms with Gasteiger partial charge in [0.05, 0.1) is 17.8 Å². The number of nitrogens with zero attached hydrogens (tertiary/aromatic N) is 3. The highest BCUT2D eigenvalue weighted by atomic mass is 19.1. The Labute approximate surface area is 152 Å². The first kappa shape index (κ1) is 17.1. The van der Waals surface area contributed by atoms with E-state index >= 15 is 0 Å². The van der Waals surface area contributed by atoms with Crippen molar-refractivity contribution < 1.29 is 9.18 Å². The number of halogens is 1. The van der Waals surface area contributed by atoms with Crippen molar-refractivity contribution in [3.63, 3.8) is 0 Å². The van der Waals surface area contributed by atoms with Crippen molar-refractivity contribution in [3.8, 4) is 0 Å². The maximum atomic E-state index is 13.3. The summed E-state index contributed by atoms with van der Waals surface area (Å²) in [4.78, 5) is 12.8. The quantitative estimate of drug-likeness (QED) is 0.882. The van der Waals surface area contributed by atoms with Gasteiger partial charge in [0, 0.05) is 0 Å². The van der Waals surface area contributed by atoms with Gasteiger partial charge in [-0.15, -0.1) is 5.10 Å². The van der Waals surface area contributed by atoms with E-state index in [1.807, 2.05) is 4.68 Å². The van der Waals surface area contributed by atoms with Gasteiger partial charge in [0.15, 0.2) is 5.69 Å². The minimum atomic E-state index is -0.441. The van der Waals surface area contributed by atoms with E-state index in [4.69, 9.17) is 0 Å². The fourth-order valence-corrected chi connectivity index (χ4v) is 4.15. The van der Waals surface area contributed by atoms with Crippen LogP contribution in [0.4, 0.5) is 4.39 Å². The van der Waals surface area contributed by atoms with Crippen LogP contribution < -0.4 is 10.6 Å². The second-order valence-electron chi connectivity index (χ2n) is 7.32. The maximum Gasteiger partial charge on any atom is 0.274 e. The smallest absolute Gasteiger partial charge is 0.274 e. The normalized spacial score (nSPS) is 20.2. The molecule has 2 fully saturated rings. The predicted molar refractivity (Wildman–Crippen MR) is 95.2 cm³/mol. The number of piperidine rings is 1. The highest BCUT2D eigenvalue weighted by Crippen LogP contribution is 2.39. The molecule has 1 amide bonds. The molecule has 2 N–H and O–H groups in total. The summed E-state index contributed by atoms with van der Waals surface area (Å²) in [6.07, 6.45) is 7.52. The number of hydrogen-bond acceptors (Lipinski definition) is 4. The number of rotatable bonds is 4. The van der Waals surface area contributed by atoms with Gasteiger partial charge in [-0.1, -0.05) is 30.2 Å². The largest absolute Gasteiger partial charge is 0.341 e. The van der Waals surface area contributed by atoms with Gasteiger partial charge < -0.3 is 10.6 Å². The Bertz CT molecular complexity index is 760. The van der Waals surface area contributed by atoms with Gasteiger partial charge in [-0.3, -0.25) is 4.79 Å². The number of aromatic nitrogens is 3. The maximum absolute atomic E-state index is 13.3. The second kappa shape index (κ2) is 7.15. The first-order valence-corrected chi connectivity index (χ1v) is 9.37. The molecule has 138 valence electrons. The standard InChI is InChI=1S/C19H24FN5O/c20-15-5-3-14(4-6-15)19(9-1-2-10-19)22-18(26)17-13-25(24-23-17)16-7-11-21-12-8-16/h3-6,13,16,21H,1-2,7-12H2,(H,22,26). The average molecular weight is 357 g/mol. The Hall–Kier alpha value is -2.28. The van der Waals surface area contributed by atoms with Gasteiger partial charge in [0.25, 0.3) is 5.91 Å². The zero-order chi connectivity index (χ0) is 18.0. The Morgan fingerprint density at radius 3 is 2.58 bits per heavy atom. The van der Waals surface area contributed by atoms with Crippen LogP contribution in [0.2, 0.25) is 0 Å². The molecule has 0 bridgehead atoms. The molecule has 26 heavy (non-hydrogen) atoms. The van der Waals surface area contributed by atoms with Crippen molar-refractivity contribution in [3.05, 3.63) is 47.5 Å². The van der Waals surface area contributed by atoms with Crippen LogP contribution in [0.5, 0.6) is 0 Å². The van der Waals surface area contributed by atoms with Crippen molar-refractivity contribution in [2.24, 2.45) is 0 Å². The Kier molecular flexibility index (Phi) is 4.72. The summed E-state index contributed by atoms with van der Waals surface area (Å²) in [6, 6.07) is 6.74. The van der Waals surface area contributed by atoms with Crippen LogP contribution in [-0.2, 0) is 5.54 Å². The summed E-state index contributed by atoms with van der Waals surface area (Å²) in [5, 5.41) is 14.8. The SMILES string of the molecule is O=C(NC1(c2ccc(F)cc2)CCCC1)c1cn(C2CCNCC2)nn1. The molecule has 0 unspecified atom stereocenters. The van der Waals surface area contributed by atoms with E-state index in [0.717, 1.165) is 57.2 Å². The third-order valence-corrected chi connectivity index (χ3v) is 5.63. The lowest BCUT2D eigenvalue weighted by Crippen LogP contribution is -2.44. The summed E-state index contributed by atoms with van der Waals surface area (Å²) < 4.78 is 15.1. The molecule has 4 rings (SSSR count). The second-order valence-corrected chi connectivity index (χ2v) is 7.32. The fourth-order valence-electron chi connectivity index (χ4n) is 4.15. The molecule has 0 radical (unpaired) electrons. The predicted octanol–water partition coefficient (Wildman–Crippen LogP) is 2.54. The van der Waals surface area contributed by atoms with E-state index in [1.54, 1.807) is 18.3 Å². The lowest BCUT2D eigenvalue weighted by molar-refractivity contribution is 0.0893. The van der Waals surface area contributed by atoms with Crippen LogP contribution in [0.15, 0.2) is 30.5 Å². The molecule has 1 aromatic carbocycles. The van der Waals surface area contributed by atoms with Crippen molar-refractivity contribution in [2.75, 3.05) is 13.1 Å². The molecular weight excluding hydrogens is 333 g/mol. The molecule has 2 heterocycles. The lowest BCUT2D eigenvalue weighted by atomic mass is 9.88. The number of carbonyl (C=O) groups excluding carboxylic acids is 1. The van der Waals surface area contributed by atoms with Crippen molar-refractivity contribution in [2.45, 2.75) is 50.1 Å². The number of carbonyl (C=O) groups is 1. The Morgan fingerprint density at radius 2 is 1.88 bits per heavy atom. The first-order valence-electron chi connectivity index (χ1n) is 9.37. The van der Waals surface area contributed by atoms with Crippen LogP contribution in [0.3, 0.4) is 0 Å². The van der Waals surface area contributed by atoms with Gasteiger partial charge in [-0.25, -0.2) is 9.07 Å². The lowest BCUT2D eigenvalue weighted by Gasteiger charge is -2.30. The van der Waals surface area contributed by atoms with Crippen LogP contribution >= 0.6 is 0 Å². The summed E-state index contributed by atoms with van der Waals surface area (Å²) >= 11 is 0. The van der Waals surface area contributed by atoms with E-state index in [2.05, 4.69) is 20.9 Å². The molecule has 1 aliphatic carbocycles. The average Bonchev–Trinajstić information content (AvgIpc) is 3.33. The van der Waals surface area contributed by atoms with Crippen molar-refractivity contribution in [1.29, 1.82) is 0 Å². The number of benzene rings is 1. The molecule has 0 atom stereocenters. The molecule has 1 saturated heterocycles. The zero-order valence-electron chi connectivity index (χ0n) is 14.7. The van der Waals surface area contributed by atoms with Crippen molar-refractivity contribution in [1.82, 2.24) is 25.6 Å². The van der Waals surface area contributed by atoms with Gasteiger partial charge in [0.1, 0.15) is 5.82 Å². The van der Waals surface area contributed by atoms with E-state index in [0.29, 0.717) is 11.7 Å². The van der Waals surface area contributed by atoms with Crippen molar-refractivity contribution >= 4 is 5.91 Å². The summed E-state index contributed by atoms with van der Waals surface area (Å²) in [5.41, 5.74) is 0.857. The van der Waals surface area contributed by atoms with E-state index in [1.165, 1.54) is 12.1 Å².